The summed E-state index contributed by atoms with van der Waals surface area (Å²) in [5, 5.41) is 6.84. The van der Waals surface area contributed by atoms with Crippen LogP contribution in [0.25, 0.3) is 0 Å². The molecule has 102 valence electrons. The molecule has 2 rings (SSSR count). The largest absolute Gasteiger partial charge is 0.348 e. The summed E-state index contributed by atoms with van der Waals surface area (Å²) in [6, 6.07) is 0.708. The van der Waals surface area contributed by atoms with Gasteiger partial charge in [0.05, 0.1) is 5.69 Å². The molecule has 1 N–H and O–H groups in total. The van der Waals surface area contributed by atoms with E-state index in [0.717, 1.165) is 12.2 Å². The van der Waals surface area contributed by atoms with E-state index in [4.69, 9.17) is 4.98 Å². The highest BCUT2D eigenvalue weighted by atomic mass is 32.1. The van der Waals surface area contributed by atoms with Crippen LogP contribution in [-0.4, -0.2) is 23.6 Å². The molecule has 1 fully saturated rings. The Morgan fingerprint density at radius 3 is 2.67 bits per heavy atom. The summed E-state index contributed by atoms with van der Waals surface area (Å²) >= 11 is 1.77. The van der Waals surface area contributed by atoms with Crippen LogP contribution in [0.15, 0.2) is 5.38 Å². The second-order valence-electron chi connectivity index (χ2n) is 6.27. The van der Waals surface area contributed by atoms with E-state index in [1.807, 2.05) is 0 Å². The molecule has 0 aliphatic heterocycles. The van der Waals surface area contributed by atoms with Crippen LogP contribution in [0.1, 0.15) is 52.1 Å². The molecular formula is C14H25N3S. The summed E-state index contributed by atoms with van der Waals surface area (Å²) in [7, 11) is 2.19. The van der Waals surface area contributed by atoms with Gasteiger partial charge in [-0.15, -0.1) is 11.3 Å². The molecule has 0 radical (unpaired) electrons. The van der Waals surface area contributed by atoms with E-state index in [1.54, 1.807) is 11.3 Å². The Morgan fingerprint density at radius 2 is 2.06 bits per heavy atom. The van der Waals surface area contributed by atoms with Crippen molar-refractivity contribution in [3.05, 3.63) is 11.1 Å². The summed E-state index contributed by atoms with van der Waals surface area (Å²) in [5.41, 5.74) is 1.32. The predicted octanol–water partition coefficient (Wildman–Crippen LogP) is 3.41. The van der Waals surface area contributed by atoms with Gasteiger partial charge in [-0.05, 0) is 33.6 Å². The summed E-state index contributed by atoms with van der Waals surface area (Å²) in [6.45, 7) is 7.42. The van der Waals surface area contributed by atoms with Gasteiger partial charge in [0.25, 0.3) is 0 Å². The Hall–Kier alpha value is -0.610. The molecular weight excluding hydrogens is 242 g/mol. The third kappa shape index (κ3) is 3.69. The van der Waals surface area contributed by atoms with Crippen LogP contribution in [0.5, 0.6) is 0 Å². The van der Waals surface area contributed by atoms with Crippen LogP contribution < -0.4 is 10.2 Å². The van der Waals surface area contributed by atoms with Crippen molar-refractivity contribution in [2.75, 3.05) is 11.9 Å². The zero-order chi connectivity index (χ0) is 13.2. The molecule has 0 unspecified atom stereocenters. The number of nitrogens with one attached hydrogen (secondary N) is 1. The van der Waals surface area contributed by atoms with Crippen LogP contribution in [0.2, 0.25) is 0 Å². The van der Waals surface area contributed by atoms with Crippen LogP contribution in [0.3, 0.4) is 0 Å². The smallest absolute Gasteiger partial charge is 0.185 e. The van der Waals surface area contributed by atoms with Gasteiger partial charge in [-0.1, -0.05) is 12.8 Å². The highest BCUT2D eigenvalue weighted by Gasteiger charge is 2.21. The second-order valence-corrected chi connectivity index (χ2v) is 7.11. The molecule has 0 aromatic carbocycles. The van der Waals surface area contributed by atoms with Gasteiger partial charge in [0, 0.05) is 30.6 Å². The van der Waals surface area contributed by atoms with Gasteiger partial charge in [0.1, 0.15) is 0 Å². The molecule has 1 saturated carbocycles. The lowest BCUT2D eigenvalue weighted by Gasteiger charge is -2.23. The molecule has 1 aromatic rings. The summed E-state index contributed by atoms with van der Waals surface area (Å²) in [6.07, 6.45) is 5.40. The lowest BCUT2D eigenvalue weighted by atomic mass is 10.1. The zero-order valence-corrected chi connectivity index (χ0v) is 12.8. The molecule has 1 aliphatic carbocycles. The average molecular weight is 267 g/mol. The second kappa shape index (κ2) is 5.57. The van der Waals surface area contributed by atoms with Crippen molar-refractivity contribution >= 4 is 16.5 Å². The van der Waals surface area contributed by atoms with Crippen molar-refractivity contribution in [2.24, 2.45) is 0 Å². The van der Waals surface area contributed by atoms with E-state index >= 15 is 0 Å². The van der Waals surface area contributed by atoms with Gasteiger partial charge < -0.3 is 10.2 Å². The van der Waals surface area contributed by atoms with E-state index in [1.165, 1.54) is 30.8 Å². The normalized spacial score (nSPS) is 17.3. The fraction of sp³-hybridized carbons (Fsp3) is 0.786. The van der Waals surface area contributed by atoms with Crippen molar-refractivity contribution < 1.29 is 0 Å². The van der Waals surface area contributed by atoms with Crippen LogP contribution in [0, 0.1) is 0 Å². The number of hydrogen-bond donors (Lipinski definition) is 1. The van der Waals surface area contributed by atoms with Gasteiger partial charge in [-0.25, -0.2) is 4.98 Å². The van der Waals surface area contributed by atoms with E-state index in [9.17, 15) is 0 Å². The van der Waals surface area contributed by atoms with Gasteiger partial charge in [-0.3, -0.25) is 0 Å². The molecule has 0 spiro atoms. The minimum absolute atomic E-state index is 0.154. The highest BCUT2D eigenvalue weighted by molar-refractivity contribution is 7.13. The number of anilines is 1. The molecule has 18 heavy (non-hydrogen) atoms. The first-order chi connectivity index (χ1) is 8.46. The van der Waals surface area contributed by atoms with E-state index in [-0.39, 0.29) is 5.54 Å². The minimum atomic E-state index is 0.154. The summed E-state index contributed by atoms with van der Waals surface area (Å²) in [4.78, 5) is 7.11. The maximum atomic E-state index is 4.74. The molecule has 1 aromatic heterocycles. The van der Waals surface area contributed by atoms with E-state index in [2.05, 4.69) is 43.4 Å². The number of nitrogens with zero attached hydrogens (tertiary/aromatic N) is 2. The Morgan fingerprint density at radius 1 is 1.39 bits per heavy atom. The van der Waals surface area contributed by atoms with E-state index in [0.29, 0.717) is 6.04 Å². The number of thiazole rings is 1. The first-order valence-electron chi connectivity index (χ1n) is 6.88. The molecule has 4 heteroatoms. The van der Waals surface area contributed by atoms with Crippen LogP contribution in [-0.2, 0) is 6.54 Å². The van der Waals surface area contributed by atoms with Gasteiger partial charge in [0.2, 0.25) is 0 Å². The SMILES string of the molecule is CN(c1nc(CNC(C)(C)C)cs1)C1CCCC1. The zero-order valence-electron chi connectivity index (χ0n) is 12.0. The Balaban J connectivity index is 1.92. The first kappa shape index (κ1) is 13.8. The quantitative estimate of drug-likeness (QED) is 0.906. The number of aromatic nitrogens is 1. The van der Waals surface area contributed by atoms with E-state index < -0.39 is 0 Å². The third-order valence-electron chi connectivity index (χ3n) is 3.51. The molecule has 0 atom stereocenters. The maximum absolute atomic E-state index is 4.74. The third-order valence-corrected chi connectivity index (χ3v) is 4.49. The van der Waals surface area contributed by atoms with Crippen molar-refractivity contribution in [1.29, 1.82) is 0 Å². The minimum Gasteiger partial charge on any atom is -0.348 e. The van der Waals surface area contributed by atoms with Crippen molar-refractivity contribution in [2.45, 2.75) is 64.6 Å². The Bertz CT molecular complexity index is 375. The van der Waals surface area contributed by atoms with Crippen LogP contribution in [0.4, 0.5) is 5.13 Å². The van der Waals surface area contributed by atoms with Crippen LogP contribution >= 0.6 is 11.3 Å². The molecule has 0 saturated heterocycles. The molecule has 1 aliphatic rings. The van der Waals surface area contributed by atoms with Gasteiger partial charge in [0.15, 0.2) is 5.13 Å². The molecule has 3 nitrogen and oxygen atoms in total. The topological polar surface area (TPSA) is 28.2 Å². The molecule has 1 heterocycles. The summed E-state index contributed by atoms with van der Waals surface area (Å²) < 4.78 is 0. The standard InChI is InChI=1S/C14H25N3S/c1-14(2,3)15-9-11-10-18-13(16-11)17(4)12-7-5-6-8-12/h10,12,15H,5-9H2,1-4H3. The van der Waals surface area contributed by atoms with Gasteiger partial charge in [-0.2, -0.15) is 0 Å². The lowest BCUT2D eigenvalue weighted by molar-refractivity contribution is 0.422. The summed E-state index contributed by atoms with van der Waals surface area (Å²) in [5.74, 6) is 0. The fourth-order valence-corrected chi connectivity index (χ4v) is 3.21. The maximum Gasteiger partial charge on any atom is 0.185 e. The number of rotatable bonds is 4. The fourth-order valence-electron chi connectivity index (χ4n) is 2.34. The monoisotopic (exact) mass is 267 g/mol. The predicted molar refractivity (Wildman–Crippen MR) is 79.4 cm³/mol. The molecule has 0 bridgehead atoms. The first-order valence-corrected chi connectivity index (χ1v) is 7.76. The van der Waals surface area contributed by atoms with Gasteiger partial charge >= 0.3 is 0 Å². The van der Waals surface area contributed by atoms with Crippen molar-refractivity contribution in [1.82, 2.24) is 10.3 Å². The number of hydrogen-bond acceptors (Lipinski definition) is 4. The lowest BCUT2D eigenvalue weighted by Crippen LogP contribution is -2.35. The highest BCUT2D eigenvalue weighted by Crippen LogP contribution is 2.29. The van der Waals surface area contributed by atoms with Crippen molar-refractivity contribution in [3.63, 3.8) is 0 Å². The Labute approximate surface area is 115 Å². The average Bonchev–Trinajstić information content (AvgIpc) is 2.96. The van der Waals surface area contributed by atoms with Crippen molar-refractivity contribution in [3.8, 4) is 0 Å². The molecule has 0 amide bonds. The Kier molecular flexibility index (Phi) is 4.28.